The molecule has 4 heteroatoms. The topological polar surface area (TPSA) is 72.4 Å². The third-order valence-electron chi connectivity index (χ3n) is 3.42. The van der Waals surface area contributed by atoms with Crippen molar-refractivity contribution in [2.75, 3.05) is 13.1 Å². The summed E-state index contributed by atoms with van der Waals surface area (Å²) in [5.41, 5.74) is 11.7. The molecule has 80 valence electrons. The van der Waals surface area contributed by atoms with E-state index in [4.69, 9.17) is 11.5 Å². The fourth-order valence-corrected chi connectivity index (χ4v) is 2.52. The highest BCUT2D eigenvalue weighted by Gasteiger charge is 2.35. The van der Waals surface area contributed by atoms with E-state index in [1.165, 1.54) is 0 Å². The normalized spacial score (nSPS) is 37.9. The standard InChI is InChI=1S/C10H19N3O/c11-7-4-5-13(6-7)10(14)8-2-1-3-9(8)12/h7-9H,1-6,11-12H2/t7-,8?,9?/m1/s1. The van der Waals surface area contributed by atoms with Crippen LogP contribution in [0.1, 0.15) is 25.7 Å². The fourth-order valence-electron chi connectivity index (χ4n) is 2.52. The zero-order valence-electron chi connectivity index (χ0n) is 8.48. The van der Waals surface area contributed by atoms with Crippen molar-refractivity contribution >= 4 is 5.91 Å². The maximum absolute atomic E-state index is 12.0. The summed E-state index contributed by atoms with van der Waals surface area (Å²) in [7, 11) is 0. The van der Waals surface area contributed by atoms with Crippen molar-refractivity contribution in [3.8, 4) is 0 Å². The van der Waals surface area contributed by atoms with Gasteiger partial charge in [0.1, 0.15) is 0 Å². The van der Waals surface area contributed by atoms with Crippen molar-refractivity contribution in [1.82, 2.24) is 4.90 Å². The first kappa shape index (κ1) is 9.93. The summed E-state index contributed by atoms with van der Waals surface area (Å²) in [5, 5.41) is 0. The first-order chi connectivity index (χ1) is 6.68. The van der Waals surface area contributed by atoms with Gasteiger partial charge >= 0.3 is 0 Å². The summed E-state index contributed by atoms with van der Waals surface area (Å²) in [6.07, 6.45) is 3.99. The fraction of sp³-hybridized carbons (Fsp3) is 0.900. The lowest BCUT2D eigenvalue weighted by molar-refractivity contribution is -0.134. The summed E-state index contributed by atoms with van der Waals surface area (Å²) in [6.45, 7) is 1.55. The van der Waals surface area contributed by atoms with Crippen molar-refractivity contribution in [2.24, 2.45) is 17.4 Å². The monoisotopic (exact) mass is 197 g/mol. The number of nitrogens with two attached hydrogens (primary N) is 2. The van der Waals surface area contributed by atoms with E-state index in [-0.39, 0.29) is 23.9 Å². The molecule has 2 unspecified atom stereocenters. The van der Waals surface area contributed by atoms with E-state index < -0.39 is 0 Å². The van der Waals surface area contributed by atoms with Gasteiger partial charge in [-0.1, -0.05) is 6.42 Å². The molecular weight excluding hydrogens is 178 g/mol. The first-order valence-electron chi connectivity index (χ1n) is 5.48. The molecule has 0 aromatic carbocycles. The average Bonchev–Trinajstić information content (AvgIpc) is 2.73. The van der Waals surface area contributed by atoms with E-state index in [0.717, 1.165) is 38.8 Å². The summed E-state index contributed by atoms with van der Waals surface area (Å²) >= 11 is 0. The number of likely N-dealkylation sites (tertiary alicyclic amines) is 1. The van der Waals surface area contributed by atoms with E-state index in [2.05, 4.69) is 0 Å². The van der Waals surface area contributed by atoms with Crippen molar-refractivity contribution in [3.63, 3.8) is 0 Å². The van der Waals surface area contributed by atoms with Gasteiger partial charge in [-0.25, -0.2) is 0 Å². The third kappa shape index (κ3) is 1.77. The third-order valence-corrected chi connectivity index (χ3v) is 3.42. The number of carbonyl (C=O) groups is 1. The number of hydrogen-bond acceptors (Lipinski definition) is 3. The zero-order valence-corrected chi connectivity index (χ0v) is 8.48. The highest BCUT2D eigenvalue weighted by molar-refractivity contribution is 5.80. The molecule has 1 amide bonds. The minimum Gasteiger partial charge on any atom is -0.341 e. The Labute approximate surface area is 84.6 Å². The summed E-state index contributed by atoms with van der Waals surface area (Å²) in [6, 6.07) is 0.260. The van der Waals surface area contributed by atoms with Crippen LogP contribution in [0.5, 0.6) is 0 Å². The number of rotatable bonds is 1. The molecule has 0 radical (unpaired) electrons. The second kappa shape index (κ2) is 3.87. The largest absolute Gasteiger partial charge is 0.341 e. The van der Waals surface area contributed by atoms with Gasteiger partial charge in [-0.15, -0.1) is 0 Å². The highest BCUT2D eigenvalue weighted by Crippen LogP contribution is 2.26. The van der Waals surface area contributed by atoms with Crippen LogP contribution in [0.3, 0.4) is 0 Å². The molecule has 4 nitrogen and oxygen atoms in total. The second-order valence-electron chi connectivity index (χ2n) is 4.53. The van der Waals surface area contributed by atoms with E-state index in [1.54, 1.807) is 0 Å². The molecule has 14 heavy (non-hydrogen) atoms. The van der Waals surface area contributed by atoms with E-state index >= 15 is 0 Å². The van der Waals surface area contributed by atoms with Gasteiger partial charge in [-0.3, -0.25) is 4.79 Å². The van der Waals surface area contributed by atoms with E-state index in [1.807, 2.05) is 4.90 Å². The molecule has 2 rings (SSSR count). The molecular formula is C10H19N3O. The predicted molar refractivity (Wildman–Crippen MR) is 54.5 cm³/mol. The SMILES string of the molecule is NC1CCCC1C(=O)N1CC[C@@H](N)C1. The molecule has 2 fully saturated rings. The zero-order chi connectivity index (χ0) is 10.1. The molecule has 1 aliphatic carbocycles. The molecule has 1 saturated heterocycles. The molecule has 3 atom stereocenters. The molecule has 1 heterocycles. The van der Waals surface area contributed by atoms with Crippen molar-refractivity contribution < 1.29 is 4.79 Å². The van der Waals surface area contributed by atoms with Crippen LogP contribution in [-0.4, -0.2) is 36.0 Å². The smallest absolute Gasteiger partial charge is 0.227 e. The molecule has 4 N–H and O–H groups in total. The summed E-state index contributed by atoms with van der Waals surface area (Å²) in [4.78, 5) is 13.9. The van der Waals surface area contributed by atoms with E-state index in [9.17, 15) is 4.79 Å². The van der Waals surface area contributed by atoms with Gasteiger partial charge in [0.2, 0.25) is 5.91 Å². The van der Waals surface area contributed by atoms with Crippen LogP contribution >= 0.6 is 0 Å². The van der Waals surface area contributed by atoms with E-state index in [0.29, 0.717) is 0 Å². The van der Waals surface area contributed by atoms with Gasteiger partial charge < -0.3 is 16.4 Å². The Hall–Kier alpha value is -0.610. The Morgan fingerprint density at radius 3 is 2.50 bits per heavy atom. The van der Waals surface area contributed by atoms with Gasteiger partial charge in [0.05, 0.1) is 5.92 Å². The number of hydrogen-bond donors (Lipinski definition) is 2. The van der Waals surface area contributed by atoms with Crippen LogP contribution in [0.2, 0.25) is 0 Å². The van der Waals surface area contributed by atoms with Crippen LogP contribution in [-0.2, 0) is 4.79 Å². The Kier molecular flexibility index (Phi) is 2.74. The van der Waals surface area contributed by atoms with Crippen molar-refractivity contribution in [1.29, 1.82) is 0 Å². The van der Waals surface area contributed by atoms with Crippen LogP contribution in [0.4, 0.5) is 0 Å². The number of carbonyl (C=O) groups excluding carboxylic acids is 1. The van der Waals surface area contributed by atoms with Crippen LogP contribution < -0.4 is 11.5 Å². The van der Waals surface area contributed by atoms with Gasteiger partial charge in [0, 0.05) is 25.2 Å². The molecule has 0 aromatic rings. The van der Waals surface area contributed by atoms with Gasteiger partial charge in [0.15, 0.2) is 0 Å². The molecule has 2 aliphatic rings. The summed E-state index contributed by atoms with van der Waals surface area (Å²) < 4.78 is 0. The van der Waals surface area contributed by atoms with Crippen molar-refractivity contribution in [2.45, 2.75) is 37.8 Å². The minimum absolute atomic E-state index is 0.0697. The lowest BCUT2D eigenvalue weighted by Gasteiger charge is -2.22. The summed E-state index contributed by atoms with van der Waals surface area (Å²) in [5.74, 6) is 0.309. The van der Waals surface area contributed by atoms with Crippen molar-refractivity contribution in [3.05, 3.63) is 0 Å². The highest BCUT2D eigenvalue weighted by atomic mass is 16.2. The van der Waals surface area contributed by atoms with Crippen LogP contribution in [0.25, 0.3) is 0 Å². The Morgan fingerprint density at radius 1 is 1.21 bits per heavy atom. The quantitative estimate of drug-likeness (QED) is 0.605. The molecule has 1 saturated carbocycles. The van der Waals surface area contributed by atoms with Crippen LogP contribution in [0.15, 0.2) is 0 Å². The van der Waals surface area contributed by atoms with Gasteiger partial charge in [-0.2, -0.15) is 0 Å². The predicted octanol–water partition coefficient (Wildman–Crippen LogP) is -0.327. The Balaban J connectivity index is 1.94. The first-order valence-corrected chi connectivity index (χ1v) is 5.48. The molecule has 0 bridgehead atoms. The molecule has 0 spiro atoms. The van der Waals surface area contributed by atoms with Gasteiger partial charge in [0.25, 0.3) is 0 Å². The number of amides is 1. The minimum atomic E-state index is 0.0697. The maximum atomic E-state index is 12.0. The lowest BCUT2D eigenvalue weighted by Crippen LogP contribution is -2.41. The Morgan fingerprint density at radius 2 is 2.00 bits per heavy atom. The second-order valence-corrected chi connectivity index (χ2v) is 4.53. The lowest BCUT2D eigenvalue weighted by atomic mass is 10.0. The molecule has 1 aliphatic heterocycles. The maximum Gasteiger partial charge on any atom is 0.227 e. The van der Waals surface area contributed by atoms with Crippen LogP contribution in [0, 0.1) is 5.92 Å². The van der Waals surface area contributed by atoms with Gasteiger partial charge in [-0.05, 0) is 19.3 Å². The Bertz CT molecular complexity index is 231. The number of nitrogens with zero attached hydrogens (tertiary/aromatic N) is 1. The average molecular weight is 197 g/mol. The molecule has 0 aromatic heterocycles.